The Morgan fingerprint density at radius 3 is 3.00 bits per heavy atom. The summed E-state index contributed by atoms with van der Waals surface area (Å²) in [7, 11) is 0. The highest BCUT2D eigenvalue weighted by molar-refractivity contribution is 5.96. The predicted molar refractivity (Wildman–Crippen MR) is 123 cm³/mol. The van der Waals surface area contributed by atoms with Crippen LogP contribution in [-0.2, 0) is 11.2 Å². The SMILES string of the molecule is Cc1ccc(Oc2ncccc2C(=O)N2CCOC[C@H](Cc3ccc4ccoc4c3)C2)cn1. The molecule has 1 aliphatic rings. The molecule has 168 valence electrons. The Balaban J connectivity index is 1.32. The van der Waals surface area contributed by atoms with E-state index in [1.54, 1.807) is 30.8 Å². The van der Waals surface area contributed by atoms with Crippen LogP contribution in [-0.4, -0.2) is 47.1 Å². The van der Waals surface area contributed by atoms with Gasteiger partial charge in [0.1, 0.15) is 16.9 Å². The normalized spacial score (nSPS) is 16.5. The molecule has 7 heteroatoms. The van der Waals surface area contributed by atoms with Gasteiger partial charge in [-0.2, -0.15) is 0 Å². The second-order valence-electron chi connectivity index (χ2n) is 8.28. The van der Waals surface area contributed by atoms with Crippen LogP contribution in [0.1, 0.15) is 21.6 Å². The molecule has 0 spiro atoms. The average molecular weight is 444 g/mol. The van der Waals surface area contributed by atoms with Gasteiger partial charge in [0.15, 0.2) is 0 Å². The molecule has 0 saturated carbocycles. The monoisotopic (exact) mass is 443 g/mol. The molecule has 0 bridgehead atoms. The van der Waals surface area contributed by atoms with Crippen LogP contribution in [0.2, 0.25) is 0 Å². The van der Waals surface area contributed by atoms with Crippen molar-refractivity contribution in [2.75, 3.05) is 26.3 Å². The number of nitrogens with zero attached hydrogens (tertiary/aromatic N) is 3. The van der Waals surface area contributed by atoms with Gasteiger partial charge >= 0.3 is 0 Å². The van der Waals surface area contributed by atoms with E-state index in [9.17, 15) is 4.79 Å². The highest BCUT2D eigenvalue weighted by Gasteiger charge is 2.26. The summed E-state index contributed by atoms with van der Waals surface area (Å²) >= 11 is 0. The number of furan rings is 1. The van der Waals surface area contributed by atoms with Crippen molar-refractivity contribution in [1.82, 2.24) is 14.9 Å². The zero-order valence-corrected chi connectivity index (χ0v) is 18.4. The van der Waals surface area contributed by atoms with Crippen molar-refractivity contribution in [3.05, 3.63) is 84.0 Å². The summed E-state index contributed by atoms with van der Waals surface area (Å²) in [6.45, 7) is 4.12. The number of benzene rings is 1. The second-order valence-corrected chi connectivity index (χ2v) is 8.28. The standard InChI is InChI=1S/C26H25N3O4/c1-18-4-7-22(15-28-18)33-25-23(3-2-9-27-25)26(30)29-10-12-31-17-20(16-29)13-19-5-6-21-8-11-32-24(21)14-19/h2-9,11,14-15,20H,10,12-13,16-17H2,1H3/t20-/m1/s1. The number of aromatic nitrogens is 2. The lowest BCUT2D eigenvalue weighted by atomic mass is 9.98. The first-order valence-electron chi connectivity index (χ1n) is 11.0. The van der Waals surface area contributed by atoms with Crippen LogP contribution in [0, 0.1) is 12.8 Å². The third kappa shape index (κ3) is 4.88. The van der Waals surface area contributed by atoms with E-state index in [0.29, 0.717) is 37.6 Å². The maximum absolute atomic E-state index is 13.5. The molecule has 0 radical (unpaired) electrons. The number of aryl methyl sites for hydroxylation is 1. The Hall–Kier alpha value is -3.71. The number of ether oxygens (including phenoxy) is 2. The van der Waals surface area contributed by atoms with Gasteiger partial charge in [0.05, 0.1) is 25.7 Å². The summed E-state index contributed by atoms with van der Waals surface area (Å²) in [5.74, 6) is 0.873. The fraction of sp³-hybridized carbons (Fsp3) is 0.269. The van der Waals surface area contributed by atoms with Gasteiger partial charge in [0.25, 0.3) is 5.91 Å². The van der Waals surface area contributed by atoms with E-state index in [-0.39, 0.29) is 17.7 Å². The zero-order valence-electron chi connectivity index (χ0n) is 18.4. The number of carbonyl (C=O) groups excluding carboxylic acids is 1. The molecule has 1 fully saturated rings. The molecule has 1 amide bonds. The largest absolute Gasteiger partial charge is 0.464 e. The van der Waals surface area contributed by atoms with Crippen LogP contribution < -0.4 is 4.74 Å². The number of fused-ring (bicyclic) bond motifs is 1. The van der Waals surface area contributed by atoms with Gasteiger partial charge in [-0.15, -0.1) is 0 Å². The number of rotatable bonds is 5. The lowest BCUT2D eigenvalue weighted by molar-refractivity contribution is 0.0734. The summed E-state index contributed by atoms with van der Waals surface area (Å²) in [5, 5.41) is 1.08. The molecule has 1 atom stereocenters. The minimum absolute atomic E-state index is 0.116. The van der Waals surface area contributed by atoms with Gasteiger partial charge in [-0.25, -0.2) is 4.98 Å². The van der Waals surface area contributed by atoms with Crippen LogP contribution in [0.15, 0.2) is 71.6 Å². The van der Waals surface area contributed by atoms with Crippen molar-refractivity contribution in [3.8, 4) is 11.6 Å². The Bertz CT molecular complexity index is 1250. The number of hydrogen-bond acceptors (Lipinski definition) is 6. The highest BCUT2D eigenvalue weighted by Crippen LogP contribution is 2.25. The maximum Gasteiger partial charge on any atom is 0.259 e. The first kappa shape index (κ1) is 21.2. The van der Waals surface area contributed by atoms with Gasteiger partial charge in [-0.3, -0.25) is 9.78 Å². The van der Waals surface area contributed by atoms with Gasteiger partial charge in [-0.1, -0.05) is 12.1 Å². The molecule has 0 aliphatic carbocycles. The van der Waals surface area contributed by atoms with E-state index >= 15 is 0 Å². The molecule has 4 aromatic rings. The van der Waals surface area contributed by atoms with Crippen LogP contribution in [0.25, 0.3) is 11.0 Å². The van der Waals surface area contributed by atoms with E-state index in [4.69, 9.17) is 13.9 Å². The van der Waals surface area contributed by atoms with E-state index < -0.39 is 0 Å². The molecule has 7 nitrogen and oxygen atoms in total. The third-order valence-corrected chi connectivity index (χ3v) is 5.77. The fourth-order valence-corrected chi connectivity index (χ4v) is 4.08. The topological polar surface area (TPSA) is 77.7 Å². The van der Waals surface area contributed by atoms with Crippen LogP contribution in [0.4, 0.5) is 0 Å². The van der Waals surface area contributed by atoms with E-state index in [2.05, 4.69) is 28.2 Å². The van der Waals surface area contributed by atoms with Gasteiger partial charge in [-0.05, 0) is 55.3 Å². The van der Waals surface area contributed by atoms with Crippen molar-refractivity contribution >= 4 is 16.9 Å². The first-order valence-corrected chi connectivity index (χ1v) is 11.0. The average Bonchev–Trinajstić information content (AvgIpc) is 3.18. The van der Waals surface area contributed by atoms with Gasteiger partial charge in [0, 0.05) is 36.3 Å². The Morgan fingerprint density at radius 1 is 1.18 bits per heavy atom. The molecule has 3 aromatic heterocycles. The number of carbonyl (C=O) groups is 1. The van der Waals surface area contributed by atoms with Crippen molar-refractivity contribution in [2.45, 2.75) is 13.3 Å². The van der Waals surface area contributed by atoms with E-state index in [1.165, 1.54) is 0 Å². The summed E-state index contributed by atoms with van der Waals surface area (Å²) in [5.41, 5.74) is 3.35. The lowest BCUT2D eigenvalue weighted by Crippen LogP contribution is -2.36. The summed E-state index contributed by atoms with van der Waals surface area (Å²) in [6, 6.07) is 15.4. The van der Waals surface area contributed by atoms with Crippen LogP contribution in [0.5, 0.6) is 11.6 Å². The third-order valence-electron chi connectivity index (χ3n) is 5.77. The molecular formula is C26H25N3O4. The Labute approximate surface area is 192 Å². The number of hydrogen-bond donors (Lipinski definition) is 0. The van der Waals surface area contributed by atoms with Crippen molar-refractivity contribution in [3.63, 3.8) is 0 Å². The molecule has 0 N–H and O–H groups in total. The zero-order chi connectivity index (χ0) is 22.6. The van der Waals surface area contributed by atoms with Crippen molar-refractivity contribution < 1.29 is 18.7 Å². The second kappa shape index (κ2) is 9.42. The van der Waals surface area contributed by atoms with E-state index in [0.717, 1.165) is 28.6 Å². The molecule has 33 heavy (non-hydrogen) atoms. The van der Waals surface area contributed by atoms with Crippen LogP contribution in [0.3, 0.4) is 0 Å². The Kier molecular flexibility index (Phi) is 6.04. The van der Waals surface area contributed by atoms with Gasteiger partial charge in [0.2, 0.25) is 5.88 Å². The van der Waals surface area contributed by atoms with Crippen molar-refractivity contribution in [1.29, 1.82) is 0 Å². The predicted octanol–water partition coefficient (Wildman–Crippen LogP) is 4.65. The smallest absolute Gasteiger partial charge is 0.259 e. The minimum atomic E-state index is -0.116. The summed E-state index contributed by atoms with van der Waals surface area (Å²) < 4.78 is 17.3. The molecule has 1 aromatic carbocycles. The molecular weight excluding hydrogens is 418 g/mol. The summed E-state index contributed by atoms with van der Waals surface area (Å²) in [4.78, 5) is 23.9. The fourth-order valence-electron chi connectivity index (χ4n) is 4.08. The Morgan fingerprint density at radius 2 is 2.12 bits per heavy atom. The van der Waals surface area contributed by atoms with E-state index in [1.807, 2.05) is 30.0 Å². The lowest BCUT2D eigenvalue weighted by Gasteiger charge is -2.24. The van der Waals surface area contributed by atoms with Crippen LogP contribution >= 0.6 is 0 Å². The first-order chi connectivity index (χ1) is 16.2. The van der Waals surface area contributed by atoms with Gasteiger partial charge < -0.3 is 18.8 Å². The number of amides is 1. The van der Waals surface area contributed by atoms with Crippen molar-refractivity contribution in [2.24, 2.45) is 5.92 Å². The molecule has 4 heterocycles. The molecule has 1 saturated heterocycles. The minimum Gasteiger partial charge on any atom is -0.464 e. The highest BCUT2D eigenvalue weighted by atomic mass is 16.5. The summed E-state index contributed by atoms with van der Waals surface area (Å²) in [6.07, 6.45) is 5.74. The maximum atomic E-state index is 13.5. The molecule has 5 rings (SSSR count). The quantitative estimate of drug-likeness (QED) is 0.447. The number of pyridine rings is 2. The molecule has 0 unspecified atom stereocenters. The molecule has 1 aliphatic heterocycles.